The van der Waals surface area contributed by atoms with Gasteiger partial charge >= 0.3 is 0 Å². The first kappa shape index (κ1) is 18.8. The van der Waals surface area contributed by atoms with Crippen LogP contribution in [0.25, 0.3) is 11.4 Å². The summed E-state index contributed by atoms with van der Waals surface area (Å²) in [4.78, 5) is 12.1. The van der Waals surface area contributed by atoms with E-state index >= 15 is 0 Å². The van der Waals surface area contributed by atoms with Crippen LogP contribution in [0.3, 0.4) is 0 Å². The number of rotatable bonds is 7. The van der Waals surface area contributed by atoms with Crippen LogP contribution in [-0.2, 0) is 11.3 Å². The van der Waals surface area contributed by atoms with Gasteiger partial charge in [0.15, 0.2) is 11.0 Å². The third-order valence-corrected chi connectivity index (χ3v) is 4.59. The smallest absolute Gasteiger partial charge is 0.234 e. The third-order valence-electron chi connectivity index (χ3n) is 3.62. The van der Waals surface area contributed by atoms with Crippen LogP contribution in [0.2, 0.25) is 0 Å². The Labute approximate surface area is 159 Å². The first-order valence-corrected chi connectivity index (χ1v) is 9.05. The van der Waals surface area contributed by atoms with Crippen molar-refractivity contribution in [3.8, 4) is 11.4 Å². The summed E-state index contributed by atoms with van der Waals surface area (Å²) in [6.45, 7) is 4.05. The lowest BCUT2D eigenvalue weighted by molar-refractivity contribution is -0.113. The second-order valence-electron chi connectivity index (χ2n) is 5.50. The van der Waals surface area contributed by atoms with Crippen molar-refractivity contribution in [3.05, 3.63) is 72.8 Å². The largest absolute Gasteiger partial charge is 0.323 e. The molecule has 0 aliphatic rings. The molecule has 1 aromatic heterocycles. The van der Waals surface area contributed by atoms with Crippen molar-refractivity contribution in [1.82, 2.24) is 14.8 Å². The number of allylic oxidation sites excluding steroid dienone is 1. The number of halogens is 2. The van der Waals surface area contributed by atoms with Crippen molar-refractivity contribution in [3.63, 3.8) is 0 Å². The third kappa shape index (κ3) is 4.40. The molecule has 3 aromatic rings. The van der Waals surface area contributed by atoms with Crippen LogP contribution in [-0.4, -0.2) is 26.4 Å². The van der Waals surface area contributed by atoms with E-state index in [2.05, 4.69) is 22.1 Å². The van der Waals surface area contributed by atoms with Crippen molar-refractivity contribution in [2.24, 2.45) is 0 Å². The highest BCUT2D eigenvalue weighted by Gasteiger charge is 2.17. The maximum absolute atomic E-state index is 14.1. The first-order valence-electron chi connectivity index (χ1n) is 8.06. The fraction of sp³-hybridized carbons (Fsp3) is 0.105. The molecule has 0 saturated heterocycles. The van der Waals surface area contributed by atoms with Gasteiger partial charge in [-0.3, -0.25) is 9.36 Å². The predicted molar refractivity (Wildman–Crippen MR) is 101 cm³/mol. The molecule has 1 N–H and O–H groups in total. The van der Waals surface area contributed by atoms with E-state index in [0.29, 0.717) is 23.1 Å². The number of aromatic nitrogens is 3. The SMILES string of the molecule is C=CCn1c(SCC(=O)Nc2ccccc2F)nnc1-c1ccccc1F. The van der Waals surface area contributed by atoms with Gasteiger partial charge in [0.25, 0.3) is 0 Å². The fourth-order valence-electron chi connectivity index (χ4n) is 2.41. The van der Waals surface area contributed by atoms with Crippen molar-refractivity contribution in [1.29, 1.82) is 0 Å². The monoisotopic (exact) mass is 386 g/mol. The molecule has 3 rings (SSSR count). The number of hydrogen-bond acceptors (Lipinski definition) is 4. The van der Waals surface area contributed by atoms with E-state index < -0.39 is 11.6 Å². The van der Waals surface area contributed by atoms with Crippen LogP contribution in [0.5, 0.6) is 0 Å². The normalized spacial score (nSPS) is 10.6. The van der Waals surface area contributed by atoms with Crippen molar-refractivity contribution >= 4 is 23.4 Å². The zero-order valence-corrected chi connectivity index (χ0v) is 15.0. The molecule has 0 radical (unpaired) electrons. The maximum Gasteiger partial charge on any atom is 0.234 e. The molecule has 0 atom stereocenters. The molecule has 1 amide bonds. The molecule has 0 aliphatic heterocycles. The maximum atomic E-state index is 14.1. The van der Waals surface area contributed by atoms with E-state index in [1.54, 1.807) is 41.0 Å². The number of thioether (sulfide) groups is 1. The number of para-hydroxylation sites is 1. The molecule has 5 nitrogen and oxygen atoms in total. The van der Waals surface area contributed by atoms with Gasteiger partial charge in [0, 0.05) is 6.54 Å². The second-order valence-corrected chi connectivity index (χ2v) is 6.44. The zero-order chi connectivity index (χ0) is 19.2. The Hall–Kier alpha value is -3.00. The molecule has 1 heterocycles. The summed E-state index contributed by atoms with van der Waals surface area (Å²) >= 11 is 1.13. The molecule has 2 aromatic carbocycles. The highest BCUT2D eigenvalue weighted by atomic mass is 32.2. The van der Waals surface area contributed by atoms with E-state index in [-0.39, 0.29) is 17.3 Å². The minimum Gasteiger partial charge on any atom is -0.323 e. The van der Waals surface area contributed by atoms with Gasteiger partial charge in [-0.25, -0.2) is 8.78 Å². The number of nitrogens with zero attached hydrogens (tertiary/aromatic N) is 3. The molecule has 27 heavy (non-hydrogen) atoms. The average Bonchev–Trinajstić information content (AvgIpc) is 3.05. The van der Waals surface area contributed by atoms with Gasteiger partial charge in [0.05, 0.1) is 17.0 Å². The van der Waals surface area contributed by atoms with Gasteiger partial charge in [-0.2, -0.15) is 0 Å². The number of benzene rings is 2. The van der Waals surface area contributed by atoms with Crippen LogP contribution in [0.15, 0.2) is 66.3 Å². The molecule has 0 bridgehead atoms. The lowest BCUT2D eigenvalue weighted by Gasteiger charge is -2.09. The minimum absolute atomic E-state index is 0.000875. The van der Waals surface area contributed by atoms with Gasteiger partial charge in [0.2, 0.25) is 5.91 Å². The van der Waals surface area contributed by atoms with E-state index in [4.69, 9.17) is 0 Å². The lowest BCUT2D eigenvalue weighted by Crippen LogP contribution is -2.15. The highest BCUT2D eigenvalue weighted by Crippen LogP contribution is 2.26. The van der Waals surface area contributed by atoms with E-state index in [1.807, 2.05) is 0 Å². The Kier molecular flexibility index (Phi) is 5.97. The Morgan fingerprint density at radius 2 is 1.81 bits per heavy atom. The zero-order valence-electron chi connectivity index (χ0n) is 14.2. The molecule has 138 valence electrons. The number of anilines is 1. The van der Waals surface area contributed by atoms with Gasteiger partial charge in [0.1, 0.15) is 11.6 Å². The van der Waals surface area contributed by atoms with Crippen LogP contribution in [0.4, 0.5) is 14.5 Å². The second kappa shape index (κ2) is 8.59. The first-order chi connectivity index (χ1) is 13.1. The highest BCUT2D eigenvalue weighted by molar-refractivity contribution is 7.99. The van der Waals surface area contributed by atoms with Crippen LogP contribution < -0.4 is 5.32 Å². The van der Waals surface area contributed by atoms with E-state index in [9.17, 15) is 13.6 Å². The Bertz CT molecular complexity index is 974. The molecular weight excluding hydrogens is 370 g/mol. The Balaban J connectivity index is 1.75. The number of nitrogens with one attached hydrogen (secondary N) is 1. The van der Waals surface area contributed by atoms with Gasteiger partial charge in [-0.15, -0.1) is 16.8 Å². The number of carbonyl (C=O) groups excluding carboxylic acids is 1. The fourth-order valence-corrected chi connectivity index (χ4v) is 3.16. The molecule has 0 aliphatic carbocycles. The molecular formula is C19H16F2N4OS. The van der Waals surface area contributed by atoms with Crippen molar-refractivity contribution < 1.29 is 13.6 Å². The van der Waals surface area contributed by atoms with Gasteiger partial charge < -0.3 is 5.32 Å². The molecule has 0 spiro atoms. The summed E-state index contributed by atoms with van der Waals surface area (Å²) in [5, 5.41) is 11.1. The number of hydrogen-bond donors (Lipinski definition) is 1. The Morgan fingerprint density at radius 1 is 1.11 bits per heavy atom. The minimum atomic E-state index is -0.507. The van der Waals surface area contributed by atoms with E-state index in [1.165, 1.54) is 18.2 Å². The summed E-state index contributed by atoms with van der Waals surface area (Å²) in [5.74, 6) is -0.951. The summed E-state index contributed by atoms with van der Waals surface area (Å²) in [7, 11) is 0. The topological polar surface area (TPSA) is 59.8 Å². The average molecular weight is 386 g/mol. The summed E-state index contributed by atoms with van der Waals surface area (Å²) in [5.41, 5.74) is 0.428. The predicted octanol–water partition coefficient (Wildman–Crippen LogP) is 4.14. The lowest BCUT2D eigenvalue weighted by atomic mass is 10.2. The van der Waals surface area contributed by atoms with Gasteiger partial charge in [-0.1, -0.05) is 42.1 Å². The molecule has 0 saturated carbocycles. The van der Waals surface area contributed by atoms with Crippen LogP contribution in [0.1, 0.15) is 0 Å². The number of amides is 1. The van der Waals surface area contributed by atoms with Gasteiger partial charge in [-0.05, 0) is 24.3 Å². The van der Waals surface area contributed by atoms with Crippen molar-refractivity contribution in [2.75, 3.05) is 11.1 Å². The Morgan fingerprint density at radius 3 is 2.52 bits per heavy atom. The van der Waals surface area contributed by atoms with Crippen molar-refractivity contribution in [2.45, 2.75) is 11.7 Å². The van der Waals surface area contributed by atoms with Crippen LogP contribution >= 0.6 is 11.8 Å². The molecule has 0 unspecified atom stereocenters. The van der Waals surface area contributed by atoms with Crippen LogP contribution in [0, 0.1) is 11.6 Å². The summed E-state index contributed by atoms with van der Waals surface area (Å²) < 4.78 is 29.4. The quantitative estimate of drug-likeness (QED) is 0.490. The molecule has 8 heteroatoms. The summed E-state index contributed by atoms with van der Waals surface area (Å²) in [6.07, 6.45) is 1.64. The standard InChI is InChI=1S/C19H16F2N4OS/c1-2-11-25-18(13-7-3-4-8-14(13)20)23-24-19(25)27-12-17(26)22-16-10-6-5-9-15(16)21/h2-10H,1,11-12H2,(H,22,26). The summed E-state index contributed by atoms with van der Waals surface area (Å²) in [6, 6.07) is 12.2. The van der Waals surface area contributed by atoms with E-state index in [0.717, 1.165) is 11.8 Å². The number of carbonyl (C=O) groups is 1. The molecule has 0 fully saturated rings.